The monoisotopic (exact) mass is 278 g/mol. The molecule has 3 nitrogen and oxygen atoms in total. The summed E-state index contributed by atoms with van der Waals surface area (Å²) in [6.07, 6.45) is 6.49. The van der Waals surface area contributed by atoms with Gasteiger partial charge in [0.1, 0.15) is 11.5 Å². The van der Waals surface area contributed by atoms with Crippen molar-refractivity contribution in [3.8, 4) is 0 Å². The van der Waals surface area contributed by atoms with Crippen LogP contribution in [0.3, 0.4) is 0 Å². The summed E-state index contributed by atoms with van der Waals surface area (Å²) < 4.78 is 5.66. The highest BCUT2D eigenvalue weighted by Gasteiger charge is 2.28. The highest BCUT2D eigenvalue weighted by molar-refractivity contribution is 5.05. The van der Waals surface area contributed by atoms with Gasteiger partial charge in [0.05, 0.1) is 6.54 Å². The van der Waals surface area contributed by atoms with Crippen LogP contribution < -0.4 is 5.73 Å². The maximum atomic E-state index is 6.33. The maximum Gasteiger partial charge on any atom is 0.118 e. The molecule has 2 N–H and O–H groups in total. The van der Waals surface area contributed by atoms with Gasteiger partial charge in [0.25, 0.3) is 0 Å². The molecule has 114 valence electrons. The average Bonchev–Trinajstić information content (AvgIpc) is 2.79. The fourth-order valence-electron chi connectivity index (χ4n) is 3.57. The zero-order valence-corrected chi connectivity index (χ0v) is 13.3. The smallest absolute Gasteiger partial charge is 0.118 e. The molecule has 0 radical (unpaired) electrons. The van der Waals surface area contributed by atoms with Crippen molar-refractivity contribution in [2.75, 3.05) is 13.6 Å². The van der Waals surface area contributed by atoms with Crippen molar-refractivity contribution in [3.63, 3.8) is 0 Å². The van der Waals surface area contributed by atoms with Crippen LogP contribution in [-0.2, 0) is 6.54 Å². The molecule has 0 spiro atoms. The number of rotatable bonds is 6. The molecular formula is C17H30N2O. The third-order valence-corrected chi connectivity index (χ3v) is 4.61. The molecule has 3 unspecified atom stereocenters. The third kappa shape index (κ3) is 4.35. The second-order valence-corrected chi connectivity index (χ2v) is 6.60. The van der Waals surface area contributed by atoms with E-state index in [2.05, 4.69) is 24.9 Å². The zero-order chi connectivity index (χ0) is 14.5. The Bertz CT molecular complexity index is 401. The van der Waals surface area contributed by atoms with Gasteiger partial charge in [-0.2, -0.15) is 0 Å². The van der Waals surface area contributed by atoms with Crippen molar-refractivity contribution in [1.82, 2.24) is 4.90 Å². The molecule has 1 aliphatic carbocycles. The van der Waals surface area contributed by atoms with Crippen LogP contribution in [0.1, 0.15) is 50.5 Å². The molecule has 3 atom stereocenters. The molecule has 1 saturated carbocycles. The number of hydrogen-bond donors (Lipinski definition) is 1. The summed E-state index contributed by atoms with van der Waals surface area (Å²) in [5, 5.41) is 0. The van der Waals surface area contributed by atoms with Crippen LogP contribution in [0.25, 0.3) is 0 Å². The highest BCUT2D eigenvalue weighted by atomic mass is 16.3. The summed E-state index contributed by atoms with van der Waals surface area (Å²) in [5.41, 5.74) is 6.33. The second-order valence-electron chi connectivity index (χ2n) is 6.60. The normalized spacial score (nSPS) is 27.1. The first-order valence-corrected chi connectivity index (χ1v) is 8.08. The minimum absolute atomic E-state index is 0.379. The van der Waals surface area contributed by atoms with E-state index in [4.69, 9.17) is 10.2 Å². The van der Waals surface area contributed by atoms with Crippen LogP contribution in [-0.4, -0.2) is 24.5 Å². The van der Waals surface area contributed by atoms with Gasteiger partial charge in [-0.3, -0.25) is 4.90 Å². The molecule has 0 amide bonds. The lowest BCUT2D eigenvalue weighted by molar-refractivity contribution is 0.160. The van der Waals surface area contributed by atoms with Gasteiger partial charge >= 0.3 is 0 Å². The average molecular weight is 278 g/mol. The van der Waals surface area contributed by atoms with E-state index in [0.717, 1.165) is 30.5 Å². The Morgan fingerprint density at radius 2 is 2.15 bits per heavy atom. The second kappa shape index (κ2) is 7.28. The van der Waals surface area contributed by atoms with E-state index >= 15 is 0 Å². The molecule has 1 fully saturated rings. The summed E-state index contributed by atoms with van der Waals surface area (Å²) in [5.74, 6) is 3.58. The Balaban J connectivity index is 1.83. The predicted octanol–water partition coefficient (Wildman–Crippen LogP) is 3.56. The number of nitrogens with zero attached hydrogens (tertiary/aromatic N) is 1. The minimum Gasteiger partial charge on any atom is -0.465 e. The zero-order valence-electron chi connectivity index (χ0n) is 13.3. The molecule has 1 aromatic heterocycles. The number of aryl methyl sites for hydroxylation is 1. The summed E-state index contributed by atoms with van der Waals surface area (Å²) in [6, 6.07) is 4.49. The van der Waals surface area contributed by atoms with E-state index < -0.39 is 0 Å². The van der Waals surface area contributed by atoms with Crippen LogP contribution in [0, 0.1) is 18.8 Å². The Morgan fingerprint density at radius 3 is 2.80 bits per heavy atom. The van der Waals surface area contributed by atoms with Crippen molar-refractivity contribution < 1.29 is 4.42 Å². The maximum absolute atomic E-state index is 6.33. The van der Waals surface area contributed by atoms with Crippen molar-refractivity contribution in [3.05, 3.63) is 23.7 Å². The molecule has 0 aromatic carbocycles. The fourth-order valence-corrected chi connectivity index (χ4v) is 3.57. The summed E-state index contributed by atoms with van der Waals surface area (Å²) in [6.45, 7) is 6.25. The van der Waals surface area contributed by atoms with Crippen LogP contribution in [0.4, 0.5) is 0 Å². The van der Waals surface area contributed by atoms with Gasteiger partial charge in [-0.05, 0) is 57.2 Å². The lowest BCUT2D eigenvalue weighted by Crippen LogP contribution is -2.42. The number of nitrogens with two attached hydrogens (primary N) is 1. The number of hydrogen-bond acceptors (Lipinski definition) is 3. The molecule has 0 saturated heterocycles. The van der Waals surface area contributed by atoms with Gasteiger partial charge in [0.15, 0.2) is 0 Å². The van der Waals surface area contributed by atoms with E-state index in [-0.39, 0.29) is 0 Å². The van der Waals surface area contributed by atoms with Gasteiger partial charge < -0.3 is 10.2 Å². The first kappa shape index (κ1) is 15.6. The first-order valence-electron chi connectivity index (χ1n) is 8.08. The summed E-state index contributed by atoms with van der Waals surface area (Å²) in [7, 11) is 2.17. The standard InChI is InChI=1S/C17H30N2O/c1-4-5-14-7-9-17(18)15(10-14)11-19(3)12-16-8-6-13(2)20-16/h6,8,14-15,17H,4-5,7,9-12,18H2,1-3H3. The van der Waals surface area contributed by atoms with E-state index in [9.17, 15) is 0 Å². The van der Waals surface area contributed by atoms with E-state index in [1.807, 2.05) is 13.0 Å². The molecule has 0 bridgehead atoms. The van der Waals surface area contributed by atoms with Crippen molar-refractivity contribution in [2.45, 2.75) is 58.5 Å². The Morgan fingerprint density at radius 1 is 1.35 bits per heavy atom. The SMILES string of the molecule is CCCC1CCC(N)C(CN(C)Cc2ccc(C)o2)C1. The highest BCUT2D eigenvalue weighted by Crippen LogP contribution is 2.31. The fraction of sp³-hybridized carbons (Fsp3) is 0.765. The number of furan rings is 1. The van der Waals surface area contributed by atoms with Crippen molar-refractivity contribution in [2.24, 2.45) is 17.6 Å². The summed E-state index contributed by atoms with van der Waals surface area (Å²) in [4.78, 5) is 2.36. The van der Waals surface area contributed by atoms with Gasteiger partial charge in [-0.25, -0.2) is 0 Å². The molecule has 0 aliphatic heterocycles. The van der Waals surface area contributed by atoms with Crippen LogP contribution in [0.2, 0.25) is 0 Å². The van der Waals surface area contributed by atoms with Crippen LogP contribution in [0.15, 0.2) is 16.5 Å². The molecule has 1 aromatic rings. The molecular weight excluding hydrogens is 248 g/mol. The van der Waals surface area contributed by atoms with Gasteiger partial charge in [-0.1, -0.05) is 19.8 Å². The first-order chi connectivity index (χ1) is 9.58. The van der Waals surface area contributed by atoms with Gasteiger partial charge in [0.2, 0.25) is 0 Å². The Kier molecular flexibility index (Phi) is 5.67. The third-order valence-electron chi connectivity index (χ3n) is 4.61. The van der Waals surface area contributed by atoms with E-state index in [0.29, 0.717) is 12.0 Å². The molecule has 3 heteroatoms. The quantitative estimate of drug-likeness (QED) is 0.865. The largest absolute Gasteiger partial charge is 0.465 e. The van der Waals surface area contributed by atoms with E-state index in [1.165, 1.54) is 32.1 Å². The lowest BCUT2D eigenvalue weighted by Gasteiger charge is -2.36. The van der Waals surface area contributed by atoms with Gasteiger partial charge in [-0.15, -0.1) is 0 Å². The predicted molar refractivity (Wildman–Crippen MR) is 83.5 cm³/mol. The summed E-state index contributed by atoms with van der Waals surface area (Å²) >= 11 is 0. The van der Waals surface area contributed by atoms with Crippen LogP contribution >= 0.6 is 0 Å². The molecule has 2 rings (SSSR count). The molecule has 1 heterocycles. The van der Waals surface area contributed by atoms with E-state index in [1.54, 1.807) is 0 Å². The topological polar surface area (TPSA) is 42.4 Å². The molecule has 1 aliphatic rings. The van der Waals surface area contributed by atoms with Gasteiger partial charge in [0, 0.05) is 12.6 Å². The van der Waals surface area contributed by atoms with Crippen molar-refractivity contribution in [1.29, 1.82) is 0 Å². The minimum atomic E-state index is 0.379. The Labute approximate surface area is 123 Å². The lowest BCUT2D eigenvalue weighted by atomic mass is 9.76. The van der Waals surface area contributed by atoms with Crippen molar-refractivity contribution >= 4 is 0 Å². The molecule has 20 heavy (non-hydrogen) atoms. The van der Waals surface area contributed by atoms with Crippen LogP contribution in [0.5, 0.6) is 0 Å². The Hall–Kier alpha value is -0.800.